The molecule has 1 aliphatic heterocycles. The topological polar surface area (TPSA) is 17.0 Å². The number of nitrogens with one attached hydrogen (secondary N) is 1. The van der Waals surface area contributed by atoms with Gasteiger partial charge in [-0.25, -0.2) is 0 Å². The third kappa shape index (κ3) is 5.64. The van der Waals surface area contributed by atoms with Crippen LogP contribution in [0.5, 0.6) is 0 Å². The Hall–Kier alpha value is -7.16. The van der Waals surface area contributed by atoms with Crippen LogP contribution in [0.3, 0.4) is 0 Å². The van der Waals surface area contributed by atoms with Gasteiger partial charge in [-0.1, -0.05) is 172 Å². The molecule has 1 atom stereocenters. The van der Waals surface area contributed by atoms with Crippen molar-refractivity contribution in [3.63, 3.8) is 0 Å². The van der Waals surface area contributed by atoms with Gasteiger partial charge in [-0.2, -0.15) is 0 Å². The SMILES string of the molecule is CC1(C)c2ccccc2-c2ccc(-c3ccc(-c4ccc5c(c4)c4ccccc4n5-c4ccc(C5=CC(c6ccccc6)NC(c6ccccc6)=C5)cc4)cc3)cc21. The molecule has 9 aromatic rings. The summed E-state index contributed by atoms with van der Waals surface area (Å²) < 4.78 is 2.41. The zero-order valence-electron chi connectivity index (χ0n) is 32.7. The van der Waals surface area contributed by atoms with E-state index in [9.17, 15) is 0 Å². The second kappa shape index (κ2) is 13.5. The minimum atomic E-state index is -0.0146. The van der Waals surface area contributed by atoms with E-state index in [0.717, 1.165) is 11.4 Å². The molecule has 0 bridgehead atoms. The molecule has 2 aliphatic rings. The average Bonchev–Trinajstić information content (AvgIpc) is 3.74. The molecule has 0 saturated carbocycles. The number of hydrogen-bond acceptors (Lipinski definition) is 1. The summed E-state index contributed by atoms with van der Waals surface area (Å²) in [6.45, 7) is 4.69. The number of hydrogen-bond donors (Lipinski definition) is 1. The van der Waals surface area contributed by atoms with Gasteiger partial charge in [-0.3, -0.25) is 0 Å². The molecule has 1 aliphatic carbocycles. The van der Waals surface area contributed by atoms with Gasteiger partial charge in [0, 0.05) is 27.6 Å². The molecule has 2 heteroatoms. The molecule has 0 radical (unpaired) electrons. The fourth-order valence-electron chi connectivity index (χ4n) is 9.41. The fraction of sp³-hybridized carbons (Fsp3) is 0.0714. The summed E-state index contributed by atoms with van der Waals surface area (Å²) in [4.78, 5) is 0. The van der Waals surface area contributed by atoms with Crippen molar-refractivity contribution in [2.24, 2.45) is 0 Å². The van der Waals surface area contributed by atoms with Crippen molar-refractivity contribution in [2.45, 2.75) is 25.3 Å². The maximum absolute atomic E-state index is 3.78. The van der Waals surface area contributed by atoms with Gasteiger partial charge in [0.15, 0.2) is 0 Å². The highest BCUT2D eigenvalue weighted by atomic mass is 15.0. The highest BCUT2D eigenvalue weighted by Crippen LogP contribution is 2.49. The largest absolute Gasteiger partial charge is 0.374 e. The Balaban J connectivity index is 0.922. The van der Waals surface area contributed by atoms with E-state index in [0.29, 0.717) is 0 Å². The van der Waals surface area contributed by atoms with Gasteiger partial charge < -0.3 is 9.88 Å². The van der Waals surface area contributed by atoms with E-state index in [1.165, 1.54) is 88.6 Å². The van der Waals surface area contributed by atoms with Gasteiger partial charge in [0.1, 0.15) is 0 Å². The summed E-state index contributed by atoms with van der Waals surface area (Å²) in [6, 6.07) is 71.1. The summed E-state index contributed by atoms with van der Waals surface area (Å²) >= 11 is 0. The molecule has 0 spiro atoms. The first-order valence-electron chi connectivity index (χ1n) is 20.3. The van der Waals surface area contributed by atoms with Crippen LogP contribution in [0, 0.1) is 0 Å². The highest BCUT2D eigenvalue weighted by molar-refractivity contribution is 6.10. The molecule has 1 N–H and O–H groups in total. The zero-order valence-corrected chi connectivity index (χ0v) is 32.7. The number of rotatable bonds is 6. The molecule has 8 aromatic carbocycles. The van der Waals surface area contributed by atoms with Crippen LogP contribution in [0.4, 0.5) is 0 Å². The summed E-state index contributed by atoms with van der Waals surface area (Å²) in [6.07, 6.45) is 4.63. The Morgan fingerprint density at radius 3 is 1.81 bits per heavy atom. The second-order valence-corrected chi connectivity index (χ2v) is 16.2. The summed E-state index contributed by atoms with van der Waals surface area (Å²) in [7, 11) is 0. The molecular weight excluding hydrogens is 701 g/mol. The molecule has 0 fully saturated rings. The molecule has 2 heterocycles. The Morgan fingerprint density at radius 1 is 0.448 bits per heavy atom. The smallest absolute Gasteiger partial charge is 0.0707 e. The Bertz CT molecular complexity index is 3070. The van der Waals surface area contributed by atoms with Crippen molar-refractivity contribution in [1.82, 2.24) is 9.88 Å². The van der Waals surface area contributed by atoms with Crippen molar-refractivity contribution in [2.75, 3.05) is 0 Å². The Labute approximate surface area is 340 Å². The number of dihydropyridines is 1. The van der Waals surface area contributed by atoms with E-state index in [4.69, 9.17) is 0 Å². The highest BCUT2D eigenvalue weighted by Gasteiger charge is 2.35. The van der Waals surface area contributed by atoms with Gasteiger partial charge in [0.2, 0.25) is 0 Å². The quantitative estimate of drug-likeness (QED) is 0.179. The predicted molar refractivity (Wildman–Crippen MR) is 244 cm³/mol. The summed E-state index contributed by atoms with van der Waals surface area (Å²) in [5.74, 6) is 0. The van der Waals surface area contributed by atoms with Crippen molar-refractivity contribution in [1.29, 1.82) is 0 Å². The number of allylic oxidation sites excluding steroid dienone is 2. The normalized spacial score (nSPS) is 15.4. The molecule has 11 rings (SSSR count). The minimum absolute atomic E-state index is 0.0146. The number of para-hydroxylation sites is 1. The molecule has 1 aromatic heterocycles. The third-order valence-corrected chi connectivity index (χ3v) is 12.5. The number of fused-ring (bicyclic) bond motifs is 6. The second-order valence-electron chi connectivity index (χ2n) is 16.2. The number of aromatic nitrogens is 1. The van der Waals surface area contributed by atoms with Crippen molar-refractivity contribution in [3.05, 3.63) is 234 Å². The van der Waals surface area contributed by atoms with Gasteiger partial charge in [-0.05, 0) is 115 Å². The first kappa shape index (κ1) is 34.1. The van der Waals surface area contributed by atoms with Crippen molar-refractivity contribution in [3.8, 4) is 39.1 Å². The average molecular weight is 743 g/mol. The van der Waals surface area contributed by atoms with Crippen LogP contribution in [-0.2, 0) is 5.41 Å². The molecule has 0 saturated heterocycles. The Morgan fingerprint density at radius 2 is 1.03 bits per heavy atom. The van der Waals surface area contributed by atoms with Crippen LogP contribution in [-0.4, -0.2) is 4.57 Å². The third-order valence-electron chi connectivity index (χ3n) is 12.5. The van der Waals surface area contributed by atoms with Crippen LogP contribution in [0.25, 0.3) is 72.1 Å². The predicted octanol–water partition coefficient (Wildman–Crippen LogP) is 14.2. The summed E-state index contributed by atoms with van der Waals surface area (Å²) in [5.41, 5.74) is 20.0. The van der Waals surface area contributed by atoms with Crippen LogP contribution in [0.2, 0.25) is 0 Å². The lowest BCUT2D eigenvalue weighted by Crippen LogP contribution is -2.21. The zero-order chi connectivity index (χ0) is 38.8. The molecule has 0 amide bonds. The van der Waals surface area contributed by atoms with Gasteiger partial charge >= 0.3 is 0 Å². The minimum Gasteiger partial charge on any atom is -0.374 e. The van der Waals surface area contributed by atoms with Crippen molar-refractivity contribution >= 4 is 33.1 Å². The number of nitrogens with zero attached hydrogens (tertiary/aromatic N) is 1. The van der Waals surface area contributed by atoms with E-state index in [1.54, 1.807) is 0 Å². The first-order valence-corrected chi connectivity index (χ1v) is 20.3. The van der Waals surface area contributed by atoms with Crippen LogP contribution in [0.15, 0.2) is 206 Å². The lowest BCUT2D eigenvalue weighted by Gasteiger charge is -2.25. The van der Waals surface area contributed by atoms with Crippen LogP contribution < -0.4 is 5.32 Å². The molecule has 58 heavy (non-hydrogen) atoms. The van der Waals surface area contributed by atoms with Crippen LogP contribution >= 0.6 is 0 Å². The monoisotopic (exact) mass is 742 g/mol. The standard InChI is InChI=1S/C56H42N2/c1-56(2)50-19-11-9-17-46(50)47-31-27-43(34-51(47)56)38-23-21-37(22-24-38)42-28-32-55-49(33-42)48-18-10-12-20-54(48)58(55)45-29-25-39(26-30-45)44-35-52(40-13-5-3-6-14-40)57-53(36-44)41-15-7-4-8-16-41/h3-36,52,57H,1-2H3. The maximum atomic E-state index is 3.78. The van der Waals surface area contributed by atoms with Gasteiger partial charge in [0.25, 0.3) is 0 Å². The van der Waals surface area contributed by atoms with Gasteiger partial charge in [0.05, 0.1) is 17.1 Å². The fourth-order valence-corrected chi connectivity index (χ4v) is 9.41. The maximum Gasteiger partial charge on any atom is 0.0707 e. The molecular formula is C56H42N2. The first-order chi connectivity index (χ1) is 28.5. The van der Waals surface area contributed by atoms with Crippen molar-refractivity contribution < 1.29 is 0 Å². The van der Waals surface area contributed by atoms with E-state index < -0.39 is 0 Å². The molecule has 276 valence electrons. The molecule has 1 unspecified atom stereocenters. The van der Waals surface area contributed by atoms with E-state index >= 15 is 0 Å². The summed E-state index contributed by atoms with van der Waals surface area (Å²) in [5, 5.41) is 6.29. The van der Waals surface area contributed by atoms with E-state index in [-0.39, 0.29) is 11.5 Å². The lowest BCUT2D eigenvalue weighted by molar-refractivity contribution is 0.660. The number of benzene rings is 8. The Kier molecular flexibility index (Phi) is 7.94. The van der Waals surface area contributed by atoms with E-state index in [1.807, 2.05) is 0 Å². The van der Waals surface area contributed by atoms with Crippen LogP contribution in [0.1, 0.15) is 47.7 Å². The lowest BCUT2D eigenvalue weighted by atomic mass is 9.81. The van der Waals surface area contributed by atoms with Gasteiger partial charge in [-0.15, -0.1) is 0 Å². The van der Waals surface area contributed by atoms with E-state index in [2.05, 4.69) is 230 Å². The molecule has 2 nitrogen and oxygen atoms in total.